The van der Waals surface area contributed by atoms with Crippen LogP contribution in [-0.2, 0) is 11.3 Å². The lowest BCUT2D eigenvalue weighted by molar-refractivity contribution is -0.114. The molecule has 0 atom stereocenters. The van der Waals surface area contributed by atoms with E-state index in [-0.39, 0.29) is 11.7 Å². The van der Waals surface area contributed by atoms with E-state index in [1.807, 2.05) is 41.1 Å². The first-order valence-electron chi connectivity index (χ1n) is 9.56. The van der Waals surface area contributed by atoms with E-state index in [0.29, 0.717) is 35.2 Å². The van der Waals surface area contributed by atoms with E-state index in [2.05, 4.69) is 16.5 Å². The number of para-hydroxylation sites is 1. The average molecular weight is 417 g/mol. The Labute approximate surface area is 177 Å². The molecule has 0 saturated heterocycles. The van der Waals surface area contributed by atoms with Gasteiger partial charge in [-0.3, -0.25) is 4.79 Å². The molecule has 0 unspecified atom stereocenters. The fraction of sp³-hybridized carbons (Fsp3) is 0.0870. The van der Waals surface area contributed by atoms with Crippen molar-refractivity contribution in [1.82, 2.24) is 14.5 Å². The van der Waals surface area contributed by atoms with Crippen LogP contribution in [-0.4, -0.2) is 32.1 Å². The van der Waals surface area contributed by atoms with Crippen molar-refractivity contribution in [1.29, 1.82) is 0 Å². The second-order valence-corrected chi connectivity index (χ2v) is 6.89. The molecule has 2 aromatic heterocycles. The number of aromatic hydroxyl groups is 1. The Hall–Kier alpha value is -4.20. The number of phenols is 1. The maximum Gasteiger partial charge on any atom is 0.250 e. The highest BCUT2D eigenvalue weighted by molar-refractivity contribution is 6.02. The number of nitrogens with zero attached hydrogens (tertiary/aromatic N) is 4. The van der Waals surface area contributed by atoms with Gasteiger partial charge in [0.1, 0.15) is 17.8 Å². The number of hydrogen-bond donors (Lipinski definition) is 2. The molecule has 8 heteroatoms. The molecule has 0 saturated carbocycles. The van der Waals surface area contributed by atoms with E-state index >= 15 is 0 Å². The van der Waals surface area contributed by atoms with Crippen molar-refractivity contribution < 1.29 is 14.3 Å². The van der Waals surface area contributed by atoms with Gasteiger partial charge in [0.2, 0.25) is 5.91 Å². The summed E-state index contributed by atoms with van der Waals surface area (Å²) in [4.78, 5) is 22.5. The summed E-state index contributed by atoms with van der Waals surface area (Å²) in [5.74, 6) is -1.12. The minimum Gasteiger partial charge on any atom is -0.505 e. The van der Waals surface area contributed by atoms with E-state index < -0.39 is 11.6 Å². The lowest BCUT2D eigenvalue weighted by atomic mass is 10.1. The van der Waals surface area contributed by atoms with E-state index in [0.717, 1.165) is 5.69 Å². The number of amides is 1. The number of nitrogen functional groups attached to an aromatic ring is 1. The SMILES string of the molecule is C=CC(=O)N(CCn1cc(-c2ccc(F)c(O)c2)c2c(N)ncnc21)c1ccccc1. The maximum absolute atomic E-state index is 13.5. The smallest absolute Gasteiger partial charge is 0.250 e. The number of anilines is 2. The van der Waals surface area contributed by atoms with Gasteiger partial charge in [0.25, 0.3) is 0 Å². The standard InChI is InChI=1S/C23H20FN5O2/c1-2-20(31)29(16-6-4-3-5-7-16)11-10-28-13-17(15-8-9-18(24)19(30)12-15)21-22(25)26-14-27-23(21)28/h2-9,12-14,30H,1,10-11H2,(H2,25,26,27). The molecule has 0 bridgehead atoms. The van der Waals surface area contributed by atoms with Crippen LogP contribution in [0.3, 0.4) is 0 Å². The Morgan fingerprint density at radius 3 is 2.71 bits per heavy atom. The number of nitrogens with two attached hydrogens (primary N) is 1. The molecule has 7 nitrogen and oxygen atoms in total. The zero-order valence-corrected chi connectivity index (χ0v) is 16.6. The summed E-state index contributed by atoms with van der Waals surface area (Å²) in [7, 11) is 0. The number of hydrogen-bond acceptors (Lipinski definition) is 5. The Balaban J connectivity index is 1.74. The molecule has 1 amide bonds. The van der Waals surface area contributed by atoms with Gasteiger partial charge in [-0.05, 0) is 35.9 Å². The minimum atomic E-state index is -0.710. The fourth-order valence-electron chi connectivity index (χ4n) is 3.51. The molecule has 0 aliphatic carbocycles. The predicted octanol–water partition coefficient (Wildman–Crippen LogP) is 3.74. The minimum absolute atomic E-state index is 0.222. The molecule has 2 heterocycles. The molecule has 0 spiro atoms. The van der Waals surface area contributed by atoms with E-state index in [4.69, 9.17) is 5.73 Å². The van der Waals surface area contributed by atoms with Crippen LogP contribution in [0.2, 0.25) is 0 Å². The van der Waals surface area contributed by atoms with Crippen LogP contribution in [0.25, 0.3) is 22.2 Å². The zero-order chi connectivity index (χ0) is 22.0. The summed E-state index contributed by atoms with van der Waals surface area (Å²) in [6.45, 7) is 4.36. The molecular weight excluding hydrogens is 397 g/mol. The van der Waals surface area contributed by atoms with Crippen LogP contribution >= 0.6 is 0 Å². The first-order chi connectivity index (χ1) is 15.0. The summed E-state index contributed by atoms with van der Waals surface area (Å²) in [5.41, 5.74) is 8.67. The van der Waals surface area contributed by atoms with Crippen LogP contribution < -0.4 is 10.6 Å². The van der Waals surface area contributed by atoms with Gasteiger partial charge >= 0.3 is 0 Å². The lowest BCUT2D eigenvalue weighted by Crippen LogP contribution is -2.32. The summed E-state index contributed by atoms with van der Waals surface area (Å²) < 4.78 is 15.4. The molecule has 0 fully saturated rings. The van der Waals surface area contributed by atoms with Gasteiger partial charge in [-0.25, -0.2) is 14.4 Å². The number of carbonyl (C=O) groups is 1. The number of phenolic OH excluding ortho intramolecular Hbond substituents is 1. The number of aromatic nitrogens is 3. The first-order valence-corrected chi connectivity index (χ1v) is 9.56. The van der Waals surface area contributed by atoms with Crippen molar-refractivity contribution in [3.8, 4) is 16.9 Å². The molecule has 0 aliphatic rings. The second-order valence-electron chi connectivity index (χ2n) is 6.89. The normalized spacial score (nSPS) is 10.9. The monoisotopic (exact) mass is 417 g/mol. The van der Waals surface area contributed by atoms with Crippen molar-refractivity contribution in [2.24, 2.45) is 0 Å². The summed E-state index contributed by atoms with van der Waals surface area (Å²) >= 11 is 0. The Bertz CT molecular complexity index is 1270. The van der Waals surface area contributed by atoms with E-state index in [9.17, 15) is 14.3 Å². The summed E-state index contributed by atoms with van der Waals surface area (Å²) in [6, 6.07) is 13.4. The highest BCUT2D eigenvalue weighted by Gasteiger charge is 2.18. The van der Waals surface area contributed by atoms with Crippen molar-refractivity contribution >= 4 is 28.4 Å². The Morgan fingerprint density at radius 1 is 1.23 bits per heavy atom. The summed E-state index contributed by atoms with van der Waals surface area (Å²) in [6.07, 6.45) is 4.45. The van der Waals surface area contributed by atoms with Gasteiger partial charge in [0.15, 0.2) is 11.6 Å². The quantitative estimate of drug-likeness (QED) is 0.466. The number of carbonyl (C=O) groups excluding carboxylic acids is 1. The lowest BCUT2D eigenvalue weighted by Gasteiger charge is -2.21. The average Bonchev–Trinajstić information content (AvgIpc) is 3.16. The first kappa shape index (κ1) is 20.1. The Morgan fingerprint density at radius 2 is 2.00 bits per heavy atom. The molecule has 156 valence electrons. The highest BCUT2D eigenvalue weighted by Crippen LogP contribution is 2.34. The van der Waals surface area contributed by atoms with Gasteiger partial charge in [-0.1, -0.05) is 30.8 Å². The molecule has 0 radical (unpaired) electrons. The fourth-order valence-corrected chi connectivity index (χ4v) is 3.51. The van der Waals surface area contributed by atoms with Gasteiger partial charge in [-0.2, -0.15) is 0 Å². The number of rotatable bonds is 6. The maximum atomic E-state index is 13.5. The van der Waals surface area contributed by atoms with Gasteiger partial charge in [0, 0.05) is 30.5 Å². The molecule has 31 heavy (non-hydrogen) atoms. The van der Waals surface area contributed by atoms with Crippen molar-refractivity contribution in [2.45, 2.75) is 6.54 Å². The van der Waals surface area contributed by atoms with Crippen molar-refractivity contribution in [2.75, 3.05) is 17.2 Å². The molecule has 0 aliphatic heterocycles. The van der Waals surface area contributed by atoms with Crippen LogP contribution in [0.1, 0.15) is 0 Å². The topological polar surface area (TPSA) is 97.3 Å². The molecule has 3 N–H and O–H groups in total. The largest absolute Gasteiger partial charge is 0.505 e. The van der Waals surface area contributed by atoms with Crippen LogP contribution in [0.15, 0.2) is 73.7 Å². The molecule has 4 rings (SSSR count). The van der Waals surface area contributed by atoms with Crippen molar-refractivity contribution in [3.63, 3.8) is 0 Å². The number of benzene rings is 2. The van der Waals surface area contributed by atoms with Crippen LogP contribution in [0.4, 0.5) is 15.9 Å². The zero-order valence-electron chi connectivity index (χ0n) is 16.6. The van der Waals surface area contributed by atoms with E-state index in [1.165, 1.54) is 24.5 Å². The van der Waals surface area contributed by atoms with E-state index in [1.54, 1.807) is 11.0 Å². The second kappa shape index (κ2) is 8.27. The third-order valence-corrected chi connectivity index (χ3v) is 5.01. The molecular formula is C23H20FN5O2. The predicted molar refractivity (Wildman–Crippen MR) is 118 cm³/mol. The highest BCUT2D eigenvalue weighted by atomic mass is 19.1. The molecule has 4 aromatic rings. The Kier molecular flexibility index (Phi) is 5.36. The molecule has 2 aromatic carbocycles. The summed E-state index contributed by atoms with van der Waals surface area (Å²) in [5, 5.41) is 10.4. The third kappa shape index (κ3) is 3.83. The van der Waals surface area contributed by atoms with Gasteiger partial charge in [0.05, 0.1) is 5.39 Å². The van der Waals surface area contributed by atoms with Crippen LogP contribution in [0.5, 0.6) is 5.75 Å². The number of halogens is 1. The van der Waals surface area contributed by atoms with Gasteiger partial charge in [-0.15, -0.1) is 0 Å². The van der Waals surface area contributed by atoms with Crippen LogP contribution in [0, 0.1) is 5.82 Å². The third-order valence-electron chi connectivity index (χ3n) is 5.01. The van der Waals surface area contributed by atoms with Crippen molar-refractivity contribution in [3.05, 3.63) is 79.5 Å². The number of fused-ring (bicyclic) bond motifs is 1. The van der Waals surface area contributed by atoms with Gasteiger partial charge < -0.3 is 20.3 Å².